The van der Waals surface area contributed by atoms with Crippen LogP contribution in [0, 0.1) is 0 Å². The molecule has 1 aromatic rings. The van der Waals surface area contributed by atoms with Crippen LogP contribution >= 0.6 is 0 Å². The molecule has 1 heteroatoms. The predicted molar refractivity (Wildman–Crippen MR) is 80.6 cm³/mol. The number of anilines is 1. The molecule has 1 aliphatic heterocycles. The van der Waals surface area contributed by atoms with E-state index in [1.54, 1.807) is 5.56 Å². The summed E-state index contributed by atoms with van der Waals surface area (Å²) in [6.45, 7) is 10.4. The van der Waals surface area contributed by atoms with Crippen molar-refractivity contribution >= 4 is 5.69 Å². The highest BCUT2D eigenvalue weighted by atomic mass is 15.2. The maximum absolute atomic E-state index is 2.60. The van der Waals surface area contributed by atoms with Gasteiger partial charge in [-0.15, -0.1) is 0 Å². The minimum absolute atomic E-state index is 0.601. The minimum Gasteiger partial charge on any atom is -0.369 e. The van der Waals surface area contributed by atoms with E-state index in [1.165, 1.54) is 43.5 Å². The fourth-order valence-corrected chi connectivity index (χ4v) is 2.85. The molecule has 100 valence electrons. The smallest absolute Gasteiger partial charge is 0.0403 e. The first-order valence-corrected chi connectivity index (χ1v) is 7.49. The van der Waals surface area contributed by atoms with Crippen molar-refractivity contribution in [3.05, 3.63) is 29.3 Å². The molecule has 1 heterocycles. The molecule has 2 rings (SSSR count). The van der Waals surface area contributed by atoms with E-state index in [2.05, 4.69) is 50.8 Å². The maximum atomic E-state index is 2.60. The summed E-state index contributed by atoms with van der Waals surface area (Å²) in [5.41, 5.74) is 4.52. The van der Waals surface area contributed by atoms with E-state index in [-0.39, 0.29) is 0 Å². The average Bonchev–Trinajstić information content (AvgIpc) is 2.29. The number of hydrogen-bond donors (Lipinski definition) is 0. The molecular weight excluding hydrogens is 218 g/mol. The van der Waals surface area contributed by atoms with Gasteiger partial charge in [0, 0.05) is 18.3 Å². The Morgan fingerprint density at radius 2 is 1.78 bits per heavy atom. The first-order chi connectivity index (χ1) is 8.59. The summed E-state index contributed by atoms with van der Waals surface area (Å²) in [6, 6.07) is 7.73. The highest BCUT2D eigenvalue weighted by Gasteiger charge is 2.17. The van der Waals surface area contributed by atoms with Crippen molar-refractivity contribution in [1.29, 1.82) is 0 Å². The van der Waals surface area contributed by atoms with Crippen molar-refractivity contribution < 1.29 is 0 Å². The van der Waals surface area contributed by atoms with E-state index in [0.29, 0.717) is 12.0 Å². The normalized spacial score (nSPS) is 16.7. The van der Waals surface area contributed by atoms with Crippen molar-refractivity contribution in [2.75, 3.05) is 11.4 Å². The van der Waals surface area contributed by atoms with Gasteiger partial charge in [0.05, 0.1) is 0 Å². The number of nitrogens with zero attached hydrogens (tertiary/aromatic N) is 1. The average molecular weight is 245 g/mol. The molecule has 0 atom stereocenters. The number of hydrogen-bond acceptors (Lipinski definition) is 1. The second-order valence-corrected chi connectivity index (χ2v) is 6.14. The van der Waals surface area contributed by atoms with E-state index >= 15 is 0 Å². The van der Waals surface area contributed by atoms with Crippen molar-refractivity contribution in [3.63, 3.8) is 0 Å². The largest absolute Gasteiger partial charge is 0.369 e. The van der Waals surface area contributed by atoms with Crippen LogP contribution in [0.2, 0.25) is 0 Å². The minimum atomic E-state index is 0.601. The summed E-state index contributed by atoms with van der Waals surface area (Å²) >= 11 is 0. The van der Waals surface area contributed by atoms with Gasteiger partial charge in [-0.05, 0) is 56.2 Å². The third-order valence-electron chi connectivity index (χ3n) is 4.05. The summed E-state index contributed by atoms with van der Waals surface area (Å²) in [7, 11) is 0. The number of rotatable bonds is 2. The van der Waals surface area contributed by atoms with Crippen LogP contribution in [0.3, 0.4) is 0 Å². The van der Waals surface area contributed by atoms with Gasteiger partial charge in [-0.1, -0.05) is 32.4 Å². The fraction of sp³-hybridized carbons (Fsp3) is 0.647. The first kappa shape index (κ1) is 13.5. The van der Waals surface area contributed by atoms with Gasteiger partial charge < -0.3 is 4.90 Å². The van der Waals surface area contributed by atoms with Crippen LogP contribution in [0.4, 0.5) is 5.69 Å². The van der Waals surface area contributed by atoms with Gasteiger partial charge in [-0.25, -0.2) is 0 Å². The fourth-order valence-electron chi connectivity index (χ4n) is 2.85. The molecule has 0 aromatic heterocycles. The molecule has 0 spiro atoms. The lowest BCUT2D eigenvalue weighted by Crippen LogP contribution is -2.33. The summed E-state index contributed by atoms with van der Waals surface area (Å²) in [6.07, 6.45) is 5.30. The quantitative estimate of drug-likeness (QED) is 0.726. The molecule has 0 bridgehead atoms. The molecule has 0 radical (unpaired) electrons. The van der Waals surface area contributed by atoms with Gasteiger partial charge in [-0.3, -0.25) is 0 Å². The second-order valence-electron chi connectivity index (χ2n) is 6.14. The van der Waals surface area contributed by atoms with Crippen molar-refractivity contribution in [3.8, 4) is 0 Å². The van der Waals surface area contributed by atoms with Crippen LogP contribution in [-0.4, -0.2) is 12.6 Å². The lowest BCUT2D eigenvalue weighted by molar-refractivity contribution is 0.593. The Morgan fingerprint density at radius 1 is 1.00 bits per heavy atom. The van der Waals surface area contributed by atoms with E-state index in [1.807, 2.05) is 0 Å². The molecule has 0 fully saturated rings. The Hall–Kier alpha value is -0.980. The molecule has 0 saturated heterocycles. The zero-order chi connectivity index (χ0) is 13.1. The monoisotopic (exact) mass is 245 g/mol. The summed E-state index contributed by atoms with van der Waals surface area (Å²) in [4.78, 5) is 2.60. The van der Waals surface area contributed by atoms with Crippen molar-refractivity contribution in [2.45, 2.75) is 65.3 Å². The van der Waals surface area contributed by atoms with Crippen LogP contribution in [0.15, 0.2) is 18.2 Å². The Morgan fingerprint density at radius 3 is 2.44 bits per heavy atom. The predicted octanol–water partition coefficient (Wildman–Crippen LogP) is 4.75. The Labute approximate surface area is 112 Å². The molecule has 1 aliphatic rings. The number of fused-ring (bicyclic) bond motifs is 1. The van der Waals surface area contributed by atoms with Crippen molar-refractivity contribution in [1.82, 2.24) is 0 Å². The van der Waals surface area contributed by atoms with Crippen LogP contribution in [0.5, 0.6) is 0 Å². The van der Waals surface area contributed by atoms with Gasteiger partial charge in [-0.2, -0.15) is 0 Å². The van der Waals surface area contributed by atoms with Gasteiger partial charge in [0.1, 0.15) is 0 Å². The lowest BCUT2D eigenvalue weighted by atomic mass is 9.95. The van der Waals surface area contributed by atoms with Crippen molar-refractivity contribution in [2.24, 2.45) is 0 Å². The molecule has 0 aliphatic carbocycles. The van der Waals surface area contributed by atoms with Gasteiger partial charge in [0.25, 0.3) is 0 Å². The molecule has 0 N–H and O–H groups in total. The third-order valence-corrected chi connectivity index (χ3v) is 4.05. The zero-order valence-corrected chi connectivity index (χ0v) is 12.4. The Bertz CT molecular complexity index is 393. The van der Waals surface area contributed by atoms with E-state index in [4.69, 9.17) is 0 Å². The molecule has 1 nitrogen and oxygen atoms in total. The van der Waals surface area contributed by atoms with Gasteiger partial charge in [0.15, 0.2) is 0 Å². The maximum Gasteiger partial charge on any atom is 0.0403 e. The standard InChI is InChI=1S/C17H27N/c1-13(2)16-10-9-15-8-6-5-7-11-18(14(3)4)17(15)12-16/h9-10,12-14H,5-8,11H2,1-4H3. The summed E-state index contributed by atoms with van der Waals surface area (Å²) in [5.74, 6) is 0.620. The highest BCUT2D eigenvalue weighted by Crippen LogP contribution is 2.30. The van der Waals surface area contributed by atoms with Crippen LogP contribution in [0.1, 0.15) is 64.0 Å². The van der Waals surface area contributed by atoms with Gasteiger partial charge >= 0.3 is 0 Å². The Balaban J connectivity index is 2.41. The molecule has 18 heavy (non-hydrogen) atoms. The molecular formula is C17H27N. The van der Waals surface area contributed by atoms with Crippen LogP contribution < -0.4 is 4.90 Å². The van der Waals surface area contributed by atoms with E-state index in [9.17, 15) is 0 Å². The second kappa shape index (κ2) is 5.77. The van der Waals surface area contributed by atoms with Gasteiger partial charge in [0.2, 0.25) is 0 Å². The molecule has 0 amide bonds. The number of benzene rings is 1. The molecule has 1 aromatic carbocycles. The summed E-state index contributed by atoms with van der Waals surface area (Å²) < 4.78 is 0. The summed E-state index contributed by atoms with van der Waals surface area (Å²) in [5, 5.41) is 0. The van der Waals surface area contributed by atoms with E-state index < -0.39 is 0 Å². The molecule has 0 unspecified atom stereocenters. The SMILES string of the molecule is CC(C)c1ccc2c(c1)N(C(C)C)CCCCC2. The lowest BCUT2D eigenvalue weighted by Gasteiger charge is -2.33. The van der Waals surface area contributed by atoms with Crippen LogP contribution in [0.25, 0.3) is 0 Å². The van der Waals surface area contributed by atoms with E-state index in [0.717, 1.165) is 0 Å². The zero-order valence-electron chi connectivity index (χ0n) is 12.4. The number of aryl methyl sites for hydroxylation is 1. The third kappa shape index (κ3) is 2.88. The topological polar surface area (TPSA) is 3.24 Å². The highest BCUT2D eigenvalue weighted by molar-refractivity contribution is 5.57. The molecule has 0 saturated carbocycles. The first-order valence-electron chi connectivity index (χ1n) is 7.49. The Kier molecular flexibility index (Phi) is 4.31. The van der Waals surface area contributed by atoms with Crippen LogP contribution in [-0.2, 0) is 6.42 Å².